The van der Waals surface area contributed by atoms with Crippen LogP contribution in [0.5, 0.6) is 0 Å². The van der Waals surface area contributed by atoms with Crippen LogP contribution in [-0.2, 0) is 6.54 Å². The molecule has 0 saturated heterocycles. The largest absolute Gasteiger partial charge is 0.310 e. The lowest BCUT2D eigenvalue weighted by molar-refractivity contribution is 0.475. The average molecular weight is 318 g/mol. The summed E-state index contributed by atoms with van der Waals surface area (Å²) in [6, 6.07) is 11.3. The standard InChI is InChI=1S/C22H39N/c1-3-4-5-6-7-8-9-10-11-12-14-17-21(2)23-20-22-18-15-13-16-19-22/h13,15-16,18-19,21,23H,3-12,14,17,20H2,1-2H3/t21-/m1/s1. The fraction of sp³-hybridized carbons (Fsp3) is 0.727. The second-order valence-electron chi connectivity index (χ2n) is 7.09. The van der Waals surface area contributed by atoms with Crippen molar-refractivity contribution in [2.24, 2.45) is 0 Å². The van der Waals surface area contributed by atoms with Crippen LogP contribution in [0.3, 0.4) is 0 Å². The Kier molecular flexibility index (Phi) is 13.0. The summed E-state index contributed by atoms with van der Waals surface area (Å²) in [5.74, 6) is 0. The summed E-state index contributed by atoms with van der Waals surface area (Å²) in [5.41, 5.74) is 1.39. The first kappa shape index (κ1) is 20.2. The van der Waals surface area contributed by atoms with Gasteiger partial charge in [-0.15, -0.1) is 0 Å². The van der Waals surface area contributed by atoms with Crippen molar-refractivity contribution in [2.45, 2.75) is 103 Å². The molecule has 1 N–H and O–H groups in total. The number of benzene rings is 1. The molecule has 1 aromatic carbocycles. The van der Waals surface area contributed by atoms with Gasteiger partial charge in [-0.05, 0) is 18.9 Å². The van der Waals surface area contributed by atoms with Crippen LogP contribution in [0.4, 0.5) is 0 Å². The minimum atomic E-state index is 0.633. The van der Waals surface area contributed by atoms with Crippen LogP contribution in [0.1, 0.15) is 96.5 Å². The zero-order chi connectivity index (χ0) is 16.6. The Balaban J connectivity index is 1.83. The quantitative estimate of drug-likeness (QED) is 0.348. The van der Waals surface area contributed by atoms with Gasteiger partial charge in [-0.1, -0.05) is 108 Å². The van der Waals surface area contributed by atoms with E-state index in [0.29, 0.717) is 6.04 Å². The summed E-state index contributed by atoms with van der Waals surface area (Å²) in [7, 11) is 0. The molecule has 0 heterocycles. The van der Waals surface area contributed by atoms with Crippen molar-refractivity contribution in [1.29, 1.82) is 0 Å². The predicted molar refractivity (Wildman–Crippen MR) is 104 cm³/mol. The van der Waals surface area contributed by atoms with Crippen LogP contribution < -0.4 is 5.32 Å². The average Bonchev–Trinajstić information content (AvgIpc) is 2.59. The molecule has 0 saturated carbocycles. The topological polar surface area (TPSA) is 12.0 Å². The van der Waals surface area contributed by atoms with E-state index in [1.165, 1.54) is 82.6 Å². The summed E-state index contributed by atoms with van der Waals surface area (Å²) >= 11 is 0. The third-order valence-corrected chi connectivity index (χ3v) is 4.74. The molecule has 1 nitrogen and oxygen atoms in total. The van der Waals surface area contributed by atoms with Crippen molar-refractivity contribution >= 4 is 0 Å². The molecule has 0 aromatic heterocycles. The molecular weight excluding hydrogens is 278 g/mol. The molecule has 0 bridgehead atoms. The van der Waals surface area contributed by atoms with E-state index in [1.54, 1.807) is 0 Å². The maximum atomic E-state index is 3.63. The zero-order valence-corrected chi connectivity index (χ0v) is 15.7. The molecule has 1 atom stereocenters. The Hall–Kier alpha value is -0.820. The van der Waals surface area contributed by atoms with Crippen LogP contribution in [0.15, 0.2) is 30.3 Å². The molecule has 0 fully saturated rings. The van der Waals surface area contributed by atoms with Gasteiger partial charge in [0.15, 0.2) is 0 Å². The molecule has 0 unspecified atom stereocenters. The zero-order valence-electron chi connectivity index (χ0n) is 15.7. The lowest BCUT2D eigenvalue weighted by Gasteiger charge is -2.13. The van der Waals surface area contributed by atoms with Crippen molar-refractivity contribution < 1.29 is 0 Å². The van der Waals surface area contributed by atoms with Gasteiger partial charge in [0.05, 0.1) is 0 Å². The second-order valence-corrected chi connectivity index (χ2v) is 7.09. The fourth-order valence-corrected chi connectivity index (χ4v) is 3.10. The summed E-state index contributed by atoms with van der Waals surface area (Å²) in [4.78, 5) is 0. The van der Waals surface area contributed by atoms with E-state index < -0.39 is 0 Å². The van der Waals surface area contributed by atoms with E-state index in [-0.39, 0.29) is 0 Å². The minimum Gasteiger partial charge on any atom is -0.310 e. The first-order chi connectivity index (χ1) is 11.3. The van der Waals surface area contributed by atoms with Crippen molar-refractivity contribution in [1.82, 2.24) is 5.32 Å². The van der Waals surface area contributed by atoms with Gasteiger partial charge in [0.1, 0.15) is 0 Å². The maximum absolute atomic E-state index is 3.63. The van der Waals surface area contributed by atoms with Crippen LogP contribution in [0, 0.1) is 0 Å². The van der Waals surface area contributed by atoms with Gasteiger partial charge in [0.25, 0.3) is 0 Å². The summed E-state index contributed by atoms with van der Waals surface area (Å²) in [6.07, 6.45) is 17.0. The van der Waals surface area contributed by atoms with E-state index in [4.69, 9.17) is 0 Å². The smallest absolute Gasteiger partial charge is 0.0207 e. The summed E-state index contributed by atoms with van der Waals surface area (Å²) in [5, 5.41) is 3.63. The SMILES string of the molecule is CCCCCCCCCCCCC[C@@H](C)NCc1ccccc1. The molecule has 0 aliphatic carbocycles. The molecule has 1 rings (SSSR count). The van der Waals surface area contributed by atoms with Gasteiger partial charge >= 0.3 is 0 Å². The summed E-state index contributed by atoms with van der Waals surface area (Å²) < 4.78 is 0. The van der Waals surface area contributed by atoms with Crippen molar-refractivity contribution in [3.05, 3.63) is 35.9 Å². The maximum Gasteiger partial charge on any atom is 0.0207 e. The monoisotopic (exact) mass is 317 g/mol. The normalized spacial score (nSPS) is 12.4. The van der Waals surface area contributed by atoms with Gasteiger partial charge in [0, 0.05) is 12.6 Å². The Morgan fingerprint density at radius 2 is 1.26 bits per heavy atom. The molecule has 23 heavy (non-hydrogen) atoms. The lowest BCUT2D eigenvalue weighted by Crippen LogP contribution is -2.25. The fourth-order valence-electron chi connectivity index (χ4n) is 3.10. The molecule has 0 aliphatic heterocycles. The molecule has 0 amide bonds. The van der Waals surface area contributed by atoms with E-state index in [9.17, 15) is 0 Å². The van der Waals surface area contributed by atoms with Crippen LogP contribution >= 0.6 is 0 Å². The van der Waals surface area contributed by atoms with Gasteiger partial charge in [0.2, 0.25) is 0 Å². The van der Waals surface area contributed by atoms with Crippen molar-refractivity contribution in [3.8, 4) is 0 Å². The Bertz CT molecular complexity index is 346. The Morgan fingerprint density at radius 1 is 0.739 bits per heavy atom. The van der Waals surface area contributed by atoms with Gasteiger partial charge in [-0.2, -0.15) is 0 Å². The third kappa shape index (κ3) is 12.3. The number of hydrogen-bond acceptors (Lipinski definition) is 1. The highest BCUT2D eigenvalue weighted by Crippen LogP contribution is 2.12. The molecular formula is C22H39N. The van der Waals surface area contributed by atoms with Crippen LogP contribution in [0.25, 0.3) is 0 Å². The minimum absolute atomic E-state index is 0.633. The molecule has 1 aromatic rings. The number of hydrogen-bond donors (Lipinski definition) is 1. The van der Waals surface area contributed by atoms with Gasteiger partial charge in [-0.3, -0.25) is 0 Å². The molecule has 132 valence electrons. The van der Waals surface area contributed by atoms with E-state index in [2.05, 4.69) is 49.5 Å². The highest BCUT2D eigenvalue weighted by atomic mass is 14.9. The van der Waals surface area contributed by atoms with Gasteiger partial charge in [-0.25, -0.2) is 0 Å². The highest BCUT2D eigenvalue weighted by Gasteiger charge is 2.01. The van der Waals surface area contributed by atoms with Crippen LogP contribution in [-0.4, -0.2) is 6.04 Å². The highest BCUT2D eigenvalue weighted by molar-refractivity contribution is 5.14. The first-order valence-electron chi connectivity index (χ1n) is 10.1. The molecule has 0 spiro atoms. The van der Waals surface area contributed by atoms with Crippen LogP contribution in [0.2, 0.25) is 0 Å². The number of unbranched alkanes of at least 4 members (excludes halogenated alkanes) is 10. The number of rotatable bonds is 15. The van der Waals surface area contributed by atoms with E-state index in [0.717, 1.165) is 6.54 Å². The second kappa shape index (κ2) is 14.8. The predicted octanol–water partition coefficient (Wildman–Crippen LogP) is 6.87. The van der Waals surface area contributed by atoms with Gasteiger partial charge < -0.3 is 5.32 Å². The Morgan fingerprint density at radius 3 is 1.83 bits per heavy atom. The Labute approximate surface area is 145 Å². The van der Waals surface area contributed by atoms with Crippen molar-refractivity contribution in [3.63, 3.8) is 0 Å². The first-order valence-corrected chi connectivity index (χ1v) is 10.1. The summed E-state index contributed by atoms with van der Waals surface area (Å²) in [6.45, 7) is 5.61. The lowest BCUT2D eigenvalue weighted by atomic mass is 10.0. The molecule has 0 radical (unpaired) electrons. The molecule has 0 aliphatic rings. The number of nitrogens with one attached hydrogen (secondary N) is 1. The van der Waals surface area contributed by atoms with E-state index >= 15 is 0 Å². The molecule has 1 heteroatoms. The van der Waals surface area contributed by atoms with Crippen molar-refractivity contribution in [2.75, 3.05) is 0 Å². The van der Waals surface area contributed by atoms with E-state index in [1.807, 2.05) is 0 Å². The third-order valence-electron chi connectivity index (χ3n) is 4.74.